The highest BCUT2D eigenvalue weighted by atomic mass is 16.5. The number of hydrogen-bond donors (Lipinski definition) is 1. The molecule has 170 valence electrons. The number of nitrogens with one attached hydrogen (secondary N) is 1. The fourth-order valence-corrected chi connectivity index (χ4v) is 5.60. The highest BCUT2D eigenvalue weighted by Gasteiger charge is 2.34. The predicted octanol–water partition coefficient (Wildman–Crippen LogP) is 2.73. The standard InChI is InChI=1S/C26H33N3O3/c1-26(2)9-8-20-12-18(6-7-23(20)32-26)14-24(30)27-10-11-28-15-19-13-21(17-28)22-4-3-5-25(31)29(22)16-19/h3-7,12,19,21H,8-11,13-17H2,1-2H3,(H,27,30)/t19-,21+/m1/s1. The molecule has 32 heavy (non-hydrogen) atoms. The summed E-state index contributed by atoms with van der Waals surface area (Å²) in [5, 5.41) is 3.10. The lowest BCUT2D eigenvalue weighted by Crippen LogP contribution is -2.48. The second-order valence-corrected chi connectivity index (χ2v) is 10.3. The van der Waals surface area contributed by atoms with Gasteiger partial charge in [0.25, 0.3) is 5.56 Å². The normalized spacial score (nSPS) is 23.6. The number of nitrogens with zero attached hydrogens (tertiary/aromatic N) is 2. The SMILES string of the molecule is CC1(C)CCc2cc(CC(=O)NCCN3C[C@H]4C[C@@H](C3)c3cccc(=O)n3C4)ccc2O1. The molecule has 0 aliphatic carbocycles. The van der Waals surface area contributed by atoms with Gasteiger partial charge >= 0.3 is 0 Å². The summed E-state index contributed by atoms with van der Waals surface area (Å²) in [6.45, 7) is 8.50. The van der Waals surface area contributed by atoms with Crippen LogP contribution in [0.1, 0.15) is 49.4 Å². The van der Waals surface area contributed by atoms with Crippen LogP contribution in [0.4, 0.5) is 0 Å². The van der Waals surface area contributed by atoms with E-state index in [1.165, 1.54) is 11.3 Å². The number of piperidine rings is 1. The van der Waals surface area contributed by atoms with Crippen molar-refractivity contribution in [2.45, 2.75) is 57.6 Å². The van der Waals surface area contributed by atoms with Gasteiger partial charge in [0.05, 0.1) is 6.42 Å². The van der Waals surface area contributed by atoms with Crippen molar-refractivity contribution in [3.05, 3.63) is 63.6 Å². The molecule has 0 spiro atoms. The maximum Gasteiger partial charge on any atom is 0.250 e. The van der Waals surface area contributed by atoms with Gasteiger partial charge in [-0.25, -0.2) is 0 Å². The fourth-order valence-electron chi connectivity index (χ4n) is 5.60. The van der Waals surface area contributed by atoms with Crippen molar-refractivity contribution in [1.82, 2.24) is 14.8 Å². The van der Waals surface area contributed by atoms with Crippen molar-refractivity contribution in [1.29, 1.82) is 0 Å². The molecule has 6 heteroatoms. The number of likely N-dealkylation sites (tertiary alicyclic amines) is 1. The van der Waals surface area contributed by atoms with Crippen LogP contribution in [0.15, 0.2) is 41.2 Å². The van der Waals surface area contributed by atoms with Gasteiger partial charge in [-0.3, -0.25) is 9.59 Å². The first kappa shape index (κ1) is 21.3. The quantitative estimate of drug-likeness (QED) is 0.785. The van der Waals surface area contributed by atoms with Crippen LogP contribution >= 0.6 is 0 Å². The van der Waals surface area contributed by atoms with Crippen molar-refractivity contribution in [3.8, 4) is 5.75 Å². The van der Waals surface area contributed by atoms with Gasteiger partial charge in [-0.05, 0) is 62.3 Å². The Morgan fingerprint density at radius 1 is 1.19 bits per heavy atom. The van der Waals surface area contributed by atoms with Gasteiger partial charge in [-0.15, -0.1) is 0 Å². The third kappa shape index (κ3) is 4.46. The van der Waals surface area contributed by atoms with E-state index in [-0.39, 0.29) is 17.1 Å². The molecule has 0 saturated carbocycles. The van der Waals surface area contributed by atoms with E-state index in [4.69, 9.17) is 4.74 Å². The molecule has 5 rings (SSSR count). The summed E-state index contributed by atoms with van der Waals surface area (Å²) in [7, 11) is 0. The first-order valence-electron chi connectivity index (χ1n) is 11.9. The Kier molecular flexibility index (Phi) is 5.58. The summed E-state index contributed by atoms with van der Waals surface area (Å²) >= 11 is 0. The van der Waals surface area contributed by atoms with Crippen LogP contribution in [0, 0.1) is 5.92 Å². The molecule has 1 amide bonds. The van der Waals surface area contributed by atoms with E-state index in [0.29, 0.717) is 24.8 Å². The summed E-state index contributed by atoms with van der Waals surface area (Å²) < 4.78 is 8.01. The lowest BCUT2D eigenvalue weighted by Gasteiger charge is -2.42. The molecule has 2 atom stereocenters. The van der Waals surface area contributed by atoms with Crippen LogP contribution in [0.5, 0.6) is 5.75 Å². The topological polar surface area (TPSA) is 63.6 Å². The van der Waals surface area contributed by atoms with Crippen LogP contribution in [-0.2, 0) is 24.2 Å². The van der Waals surface area contributed by atoms with Crippen molar-refractivity contribution in [3.63, 3.8) is 0 Å². The number of carbonyl (C=O) groups excluding carboxylic acids is 1. The summed E-state index contributed by atoms with van der Waals surface area (Å²) in [5.74, 6) is 1.94. The number of aromatic nitrogens is 1. The lowest BCUT2D eigenvalue weighted by atomic mass is 9.83. The zero-order valence-corrected chi connectivity index (χ0v) is 19.1. The number of aryl methyl sites for hydroxylation is 1. The largest absolute Gasteiger partial charge is 0.488 e. The fraction of sp³-hybridized carbons (Fsp3) is 0.538. The number of fused-ring (bicyclic) bond motifs is 5. The van der Waals surface area contributed by atoms with Gasteiger partial charge in [0.1, 0.15) is 11.4 Å². The molecular weight excluding hydrogens is 402 g/mol. The average molecular weight is 436 g/mol. The van der Waals surface area contributed by atoms with E-state index in [1.807, 2.05) is 22.8 Å². The number of hydrogen-bond acceptors (Lipinski definition) is 4. The summed E-state index contributed by atoms with van der Waals surface area (Å²) in [6.07, 6.45) is 3.54. The van der Waals surface area contributed by atoms with Crippen LogP contribution in [-0.4, -0.2) is 47.2 Å². The molecule has 3 aliphatic rings. The number of carbonyl (C=O) groups is 1. The molecule has 3 aliphatic heterocycles. The molecule has 1 fully saturated rings. The minimum atomic E-state index is -0.114. The minimum Gasteiger partial charge on any atom is -0.488 e. The molecule has 1 aromatic carbocycles. The second-order valence-electron chi connectivity index (χ2n) is 10.3. The Morgan fingerprint density at radius 3 is 2.94 bits per heavy atom. The van der Waals surface area contributed by atoms with E-state index < -0.39 is 0 Å². The van der Waals surface area contributed by atoms with Crippen molar-refractivity contribution in [2.24, 2.45) is 5.92 Å². The number of amides is 1. The van der Waals surface area contributed by atoms with Crippen molar-refractivity contribution in [2.75, 3.05) is 26.2 Å². The van der Waals surface area contributed by atoms with E-state index >= 15 is 0 Å². The summed E-state index contributed by atoms with van der Waals surface area (Å²) in [4.78, 5) is 27.1. The molecule has 1 aromatic heterocycles. The van der Waals surface area contributed by atoms with E-state index in [1.54, 1.807) is 6.07 Å². The van der Waals surface area contributed by atoms with Gasteiger partial charge < -0.3 is 19.5 Å². The first-order chi connectivity index (χ1) is 15.4. The Bertz CT molecular complexity index is 1070. The molecule has 2 bridgehead atoms. The number of pyridine rings is 1. The van der Waals surface area contributed by atoms with Crippen LogP contribution in [0.2, 0.25) is 0 Å². The highest BCUT2D eigenvalue weighted by Crippen LogP contribution is 2.35. The van der Waals surface area contributed by atoms with E-state index in [9.17, 15) is 9.59 Å². The molecular formula is C26H33N3O3. The van der Waals surface area contributed by atoms with Crippen LogP contribution < -0.4 is 15.6 Å². The Morgan fingerprint density at radius 2 is 2.06 bits per heavy atom. The van der Waals surface area contributed by atoms with Crippen LogP contribution in [0.3, 0.4) is 0 Å². The van der Waals surface area contributed by atoms with Crippen molar-refractivity contribution >= 4 is 5.91 Å². The van der Waals surface area contributed by atoms with Gasteiger partial charge in [-0.1, -0.05) is 18.2 Å². The molecule has 0 unspecified atom stereocenters. The molecule has 1 N–H and O–H groups in total. The zero-order valence-electron chi connectivity index (χ0n) is 19.1. The van der Waals surface area contributed by atoms with Crippen molar-refractivity contribution < 1.29 is 9.53 Å². The lowest BCUT2D eigenvalue weighted by molar-refractivity contribution is -0.120. The minimum absolute atomic E-state index is 0.0658. The second kappa shape index (κ2) is 8.39. The molecule has 6 nitrogen and oxygen atoms in total. The zero-order chi connectivity index (χ0) is 22.3. The first-order valence-corrected chi connectivity index (χ1v) is 11.9. The predicted molar refractivity (Wildman–Crippen MR) is 124 cm³/mol. The number of ether oxygens (including phenoxy) is 1. The monoisotopic (exact) mass is 435 g/mol. The molecule has 2 aromatic rings. The van der Waals surface area contributed by atoms with E-state index in [0.717, 1.165) is 56.8 Å². The van der Waals surface area contributed by atoms with Crippen LogP contribution in [0.25, 0.3) is 0 Å². The molecule has 1 saturated heterocycles. The third-order valence-electron chi connectivity index (χ3n) is 7.18. The third-order valence-corrected chi connectivity index (χ3v) is 7.18. The van der Waals surface area contributed by atoms with Gasteiger partial charge in [0.15, 0.2) is 0 Å². The summed E-state index contributed by atoms with van der Waals surface area (Å²) in [6, 6.07) is 11.8. The molecule has 4 heterocycles. The highest BCUT2D eigenvalue weighted by molar-refractivity contribution is 5.78. The average Bonchev–Trinajstić information content (AvgIpc) is 2.74. The Hall–Kier alpha value is -2.60. The number of rotatable bonds is 5. The molecule has 0 radical (unpaired) electrons. The Labute approximate surface area is 189 Å². The number of benzene rings is 1. The van der Waals surface area contributed by atoms with Gasteiger partial charge in [0.2, 0.25) is 5.91 Å². The Balaban J connectivity index is 1.12. The van der Waals surface area contributed by atoms with Gasteiger partial charge in [0, 0.05) is 50.4 Å². The smallest absolute Gasteiger partial charge is 0.250 e. The maximum atomic E-state index is 12.5. The van der Waals surface area contributed by atoms with E-state index in [2.05, 4.69) is 36.2 Å². The maximum absolute atomic E-state index is 12.5. The van der Waals surface area contributed by atoms with Gasteiger partial charge in [-0.2, -0.15) is 0 Å². The summed E-state index contributed by atoms with van der Waals surface area (Å²) in [5.41, 5.74) is 3.42.